The Balaban J connectivity index is 1.45. The number of hydrogen-bond acceptors (Lipinski definition) is 5. The molecule has 1 heterocycles. The van der Waals surface area contributed by atoms with Gasteiger partial charge >= 0.3 is 0 Å². The Bertz CT molecular complexity index is 1310. The molecule has 0 saturated carbocycles. The minimum Gasteiger partial charge on any atom is -0.493 e. The highest BCUT2D eigenvalue weighted by Crippen LogP contribution is 2.31. The molecule has 0 spiro atoms. The Kier molecular flexibility index (Phi) is 6.31. The highest BCUT2D eigenvalue weighted by atomic mass is 16.5. The number of amides is 2. The highest BCUT2D eigenvalue weighted by molar-refractivity contribution is 5.96. The number of furan rings is 1. The third kappa shape index (κ3) is 4.82. The van der Waals surface area contributed by atoms with Crippen molar-refractivity contribution in [1.82, 2.24) is 5.32 Å². The van der Waals surface area contributed by atoms with Crippen LogP contribution in [0.5, 0.6) is 11.5 Å². The summed E-state index contributed by atoms with van der Waals surface area (Å²) >= 11 is 0. The van der Waals surface area contributed by atoms with Crippen LogP contribution in [0, 0.1) is 0 Å². The number of carbonyl (C=O) groups excluding carboxylic acids is 2. The van der Waals surface area contributed by atoms with Gasteiger partial charge in [0.15, 0.2) is 11.3 Å². The SMILES string of the molecule is COc1cccc2cc(C(C)NC(=O)c3cccc(COc4ccccc4C(N)=O)c3)oc12. The molecule has 1 atom stereocenters. The van der Waals surface area contributed by atoms with Gasteiger partial charge in [0.05, 0.1) is 18.7 Å². The highest BCUT2D eigenvalue weighted by Gasteiger charge is 2.17. The Labute approximate surface area is 191 Å². The van der Waals surface area contributed by atoms with Gasteiger partial charge in [-0.2, -0.15) is 0 Å². The number of hydrogen-bond donors (Lipinski definition) is 2. The van der Waals surface area contributed by atoms with E-state index in [0.717, 1.165) is 10.9 Å². The number of para-hydroxylation sites is 2. The average Bonchev–Trinajstić information content (AvgIpc) is 3.28. The number of primary amides is 1. The Morgan fingerprint density at radius 2 is 1.76 bits per heavy atom. The van der Waals surface area contributed by atoms with Crippen LogP contribution in [0.25, 0.3) is 11.0 Å². The first kappa shape index (κ1) is 22.0. The van der Waals surface area contributed by atoms with Crippen molar-refractivity contribution in [3.05, 3.63) is 95.2 Å². The lowest BCUT2D eigenvalue weighted by Crippen LogP contribution is -2.26. The third-order valence-electron chi connectivity index (χ3n) is 5.26. The summed E-state index contributed by atoms with van der Waals surface area (Å²) in [5.41, 5.74) is 7.62. The van der Waals surface area contributed by atoms with Crippen LogP contribution in [0.1, 0.15) is 45.0 Å². The van der Waals surface area contributed by atoms with Gasteiger partial charge in [0.25, 0.3) is 11.8 Å². The fourth-order valence-corrected chi connectivity index (χ4v) is 3.54. The number of nitrogens with two attached hydrogens (primary N) is 1. The molecule has 4 aromatic rings. The lowest BCUT2D eigenvalue weighted by atomic mass is 10.1. The standard InChI is InChI=1S/C26H24N2O5/c1-16(23-14-18-8-6-12-22(31-2)24(18)33-23)28-26(30)19-9-5-7-17(13-19)15-32-21-11-4-3-10-20(21)25(27)29/h3-14,16H,15H2,1-2H3,(H2,27,29)(H,28,30). The second kappa shape index (κ2) is 9.48. The largest absolute Gasteiger partial charge is 0.493 e. The van der Waals surface area contributed by atoms with E-state index in [1.165, 1.54) is 0 Å². The second-order valence-electron chi connectivity index (χ2n) is 7.57. The van der Waals surface area contributed by atoms with Crippen LogP contribution in [0.15, 0.2) is 77.2 Å². The van der Waals surface area contributed by atoms with E-state index in [9.17, 15) is 9.59 Å². The van der Waals surface area contributed by atoms with Crippen molar-refractivity contribution in [1.29, 1.82) is 0 Å². The second-order valence-corrected chi connectivity index (χ2v) is 7.57. The third-order valence-corrected chi connectivity index (χ3v) is 5.26. The lowest BCUT2D eigenvalue weighted by Gasteiger charge is -2.13. The Morgan fingerprint density at radius 3 is 2.55 bits per heavy atom. The molecular weight excluding hydrogens is 420 g/mol. The van der Waals surface area contributed by atoms with Gasteiger partial charge in [-0.15, -0.1) is 0 Å². The Morgan fingerprint density at radius 1 is 1.00 bits per heavy atom. The summed E-state index contributed by atoms with van der Waals surface area (Å²) in [5.74, 6) is 0.868. The molecule has 7 heteroatoms. The van der Waals surface area contributed by atoms with Crippen molar-refractivity contribution in [2.24, 2.45) is 5.73 Å². The zero-order valence-corrected chi connectivity index (χ0v) is 18.3. The zero-order chi connectivity index (χ0) is 23.4. The Hall–Kier alpha value is -4.26. The van der Waals surface area contributed by atoms with Gasteiger partial charge in [0.2, 0.25) is 0 Å². The maximum Gasteiger partial charge on any atom is 0.252 e. The molecule has 0 aliphatic carbocycles. The first-order chi connectivity index (χ1) is 16.0. The molecule has 0 bridgehead atoms. The average molecular weight is 444 g/mol. The molecule has 7 nitrogen and oxygen atoms in total. The van der Waals surface area contributed by atoms with Crippen molar-refractivity contribution in [3.8, 4) is 11.5 Å². The van der Waals surface area contributed by atoms with Crippen molar-refractivity contribution >= 4 is 22.8 Å². The van der Waals surface area contributed by atoms with E-state index < -0.39 is 5.91 Å². The number of rotatable bonds is 8. The smallest absolute Gasteiger partial charge is 0.252 e. The zero-order valence-electron chi connectivity index (χ0n) is 18.3. The maximum absolute atomic E-state index is 12.9. The van der Waals surface area contributed by atoms with Gasteiger partial charge in [0, 0.05) is 10.9 Å². The summed E-state index contributed by atoms with van der Waals surface area (Å²) in [6.45, 7) is 2.04. The van der Waals surface area contributed by atoms with E-state index in [1.807, 2.05) is 37.3 Å². The number of benzene rings is 3. The van der Waals surface area contributed by atoms with Crippen LogP contribution in [-0.4, -0.2) is 18.9 Å². The van der Waals surface area contributed by atoms with E-state index in [4.69, 9.17) is 19.6 Å². The van der Waals surface area contributed by atoms with E-state index in [1.54, 1.807) is 49.6 Å². The molecule has 0 radical (unpaired) electrons. The molecule has 0 fully saturated rings. The topological polar surface area (TPSA) is 104 Å². The number of methoxy groups -OCH3 is 1. The first-order valence-corrected chi connectivity index (χ1v) is 10.4. The van der Waals surface area contributed by atoms with Crippen molar-refractivity contribution in [2.45, 2.75) is 19.6 Å². The van der Waals surface area contributed by atoms with Crippen molar-refractivity contribution < 1.29 is 23.5 Å². The molecule has 2 amide bonds. The van der Waals surface area contributed by atoms with Gasteiger partial charge in [0.1, 0.15) is 18.1 Å². The summed E-state index contributed by atoms with van der Waals surface area (Å²) in [6, 6.07) is 21.1. The molecule has 0 aliphatic heterocycles. The van der Waals surface area contributed by atoms with Crippen LogP contribution >= 0.6 is 0 Å². The van der Waals surface area contributed by atoms with Gasteiger partial charge in [-0.25, -0.2) is 0 Å². The fourth-order valence-electron chi connectivity index (χ4n) is 3.54. The van der Waals surface area contributed by atoms with Crippen LogP contribution in [-0.2, 0) is 6.61 Å². The van der Waals surface area contributed by atoms with Gasteiger partial charge in [-0.1, -0.05) is 36.4 Å². The molecule has 168 valence electrons. The first-order valence-electron chi connectivity index (χ1n) is 10.4. The molecule has 1 unspecified atom stereocenters. The van der Waals surface area contributed by atoms with Gasteiger partial charge in [-0.3, -0.25) is 9.59 Å². The fraction of sp³-hybridized carbons (Fsp3) is 0.154. The van der Waals surface area contributed by atoms with E-state index in [0.29, 0.717) is 34.0 Å². The summed E-state index contributed by atoms with van der Waals surface area (Å²) in [7, 11) is 1.59. The van der Waals surface area contributed by atoms with Crippen molar-refractivity contribution in [3.63, 3.8) is 0 Å². The van der Waals surface area contributed by atoms with E-state index in [-0.39, 0.29) is 18.6 Å². The number of fused-ring (bicyclic) bond motifs is 1. The quantitative estimate of drug-likeness (QED) is 0.413. The molecule has 1 aromatic heterocycles. The summed E-state index contributed by atoms with van der Waals surface area (Å²) in [4.78, 5) is 24.4. The van der Waals surface area contributed by atoms with Crippen molar-refractivity contribution in [2.75, 3.05) is 7.11 Å². The van der Waals surface area contributed by atoms with Crippen LogP contribution in [0.3, 0.4) is 0 Å². The monoisotopic (exact) mass is 444 g/mol. The van der Waals surface area contributed by atoms with Crippen LogP contribution in [0.2, 0.25) is 0 Å². The normalized spacial score (nSPS) is 11.7. The van der Waals surface area contributed by atoms with Crippen LogP contribution in [0.4, 0.5) is 0 Å². The maximum atomic E-state index is 12.9. The summed E-state index contributed by atoms with van der Waals surface area (Å²) in [5, 5.41) is 3.86. The predicted molar refractivity (Wildman–Crippen MR) is 124 cm³/mol. The molecule has 33 heavy (non-hydrogen) atoms. The molecular formula is C26H24N2O5. The van der Waals surface area contributed by atoms with Gasteiger partial charge in [-0.05, 0) is 48.9 Å². The molecule has 3 aromatic carbocycles. The van der Waals surface area contributed by atoms with Crippen LogP contribution < -0.4 is 20.5 Å². The van der Waals surface area contributed by atoms with Gasteiger partial charge < -0.3 is 24.9 Å². The summed E-state index contributed by atoms with van der Waals surface area (Å²) < 4.78 is 17.0. The van der Waals surface area contributed by atoms with E-state index >= 15 is 0 Å². The number of carbonyl (C=O) groups is 2. The number of nitrogens with one attached hydrogen (secondary N) is 1. The predicted octanol–water partition coefficient (Wildman–Crippen LogP) is 4.61. The molecule has 4 rings (SSSR count). The van der Waals surface area contributed by atoms with E-state index in [2.05, 4.69) is 5.32 Å². The molecule has 0 aliphatic rings. The molecule has 3 N–H and O–H groups in total. The minimum atomic E-state index is -0.559. The summed E-state index contributed by atoms with van der Waals surface area (Å²) in [6.07, 6.45) is 0. The lowest BCUT2D eigenvalue weighted by molar-refractivity contribution is 0.0934. The number of ether oxygens (including phenoxy) is 2. The molecule has 0 saturated heterocycles. The minimum absolute atomic E-state index is 0.185.